The van der Waals surface area contributed by atoms with E-state index in [-0.39, 0.29) is 16.5 Å². The molecule has 3 atom stereocenters. The molecule has 4 saturated carbocycles. The topological polar surface area (TPSA) is 93.1 Å². The van der Waals surface area contributed by atoms with Gasteiger partial charge in [-0.25, -0.2) is 9.59 Å². The summed E-state index contributed by atoms with van der Waals surface area (Å²) in [5.41, 5.74) is 3.29. The van der Waals surface area contributed by atoms with E-state index in [9.17, 15) is 9.59 Å². The van der Waals surface area contributed by atoms with E-state index in [0.717, 1.165) is 23.3 Å². The Balaban J connectivity index is 1.13. The van der Waals surface area contributed by atoms with Crippen LogP contribution in [0.25, 0.3) is 0 Å². The molecular weight excluding hydrogens is 528 g/mol. The van der Waals surface area contributed by atoms with Gasteiger partial charge in [0.15, 0.2) is 0 Å². The van der Waals surface area contributed by atoms with Crippen molar-refractivity contribution in [2.24, 2.45) is 17.8 Å². The summed E-state index contributed by atoms with van der Waals surface area (Å²) in [7, 11) is 0. The van der Waals surface area contributed by atoms with Crippen molar-refractivity contribution in [2.45, 2.75) is 43.4 Å². The van der Waals surface area contributed by atoms with Crippen molar-refractivity contribution in [3.05, 3.63) is 119 Å². The molecule has 6 nitrogen and oxygen atoms in total. The van der Waals surface area contributed by atoms with Crippen LogP contribution in [-0.2, 0) is 5.41 Å². The first-order valence-corrected chi connectivity index (χ1v) is 14.6. The van der Waals surface area contributed by atoms with E-state index in [4.69, 9.17) is 19.7 Å². The zero-order chi connectivity index (χ0) is 28.8. The van der Waals surface area contributed by atoms with Crippen molar-refractivity contribution < 1.29 is 29.3 Å². The van der Waals surface area contributed by atoms with E-state index in [1.165, 1.54) is 43.2 Å². The fourth-order valence-corrected chi connectivity index (χ4v) is 8.25. The highest BCUT2D eigenvalue weighted by Gasteiger charge is 2.57. The van der Waals surface area contributed by atoms with E-state index in [1.54, 1.807) is 48.5 Å². The highest BCUT2D eigenvalue weighted by molar-refractivity contribution is 5.88. The molecule has 0 saturated heterocycles. The van der Waals surface area contributed by atoms with Gasteiger partial charge in [0.1, 0.15) is 23.0 Å². The zero-order valence-electron chi connectivity index (χ0n) is 23.1. The van der Waals surface area contributed by atoms with Crippen LogP contribution in [0, 0.1) is 17.8 Å². The first-order valence-electron chi connectivity index (χ1n) is 14.6. The summed E-state index contributed by atoms with van der Waals surface area (Å²) in [6.45, 7) is 0. The first kappa shape index (κ1) is 26.3. The maximum Gasteiger partial charge on any atom is 0.335 e. The Morgan fingerprint density at radius 2 is 0.976 bits per heavy atom. The number of hydrogen-bond acceptors (Lipinski definition) is 4. The van der Waals surface area contributed by atoms with Crippen LogP contribution in [0.4, 0.5) is 0 Å². The Kier molecular flexibility index (Phi) is 6.49. The van der Waals surface area contributed by atoms with Crippen molar-refractivity contribution in [2.75, 3.05) is 0 Å². The van der Waals surface area contributed by atoms with E-state index in [2.05, 4.69) is 24.3 Å². The van der Waals surface area contributed by atoms with Crippen molar-refractivity contribution >= 4 is 11.9 Å². The Morgan fingerprint density at radius 3 is 1.40 bits per heavy atom. The molecule has 4 bridgehead atoms. The molecule has 0 aromatic heterocycles. The van der Waals surface area contributed by atoms with Gasteiger partial charge < -0.3 is 19.7 Å². The van der Waals surface area contributed by atoms with Gasteiger partial charge in [-0.3, -0.25) is 0 Å². The van der Waals surface area contributed by atoms with Gasteiger partial charge in [0.25, 0.3) is 0 Å². The largest absolute Gasteiger partial charge is 0.478 e. The monoisotopic (exact) mass is 560 g/mol. The summed E-state index contributed by atoms with van der Waals surface area (Å²) in [4.78, 5) is 22.3. The third-order valence-electron chi connectivity index (χ3n) is 9.65. The van der Waals surface area contributed by atoms with Crippen LogP contribution >= 0.6 is 0 Å². The second-order valence-electron chi connectivity index (χ2n) is 12.2. The third kappa shape index (κ3) is 4.81. The molecule has 4 aliphatic carbocycles. The maximum atomic E-state index is 11.2. The normalized spacial score (nSPS) is 25.6. The Labute approximate surface area is 244 Å². The SMILES string of the molecule is O=C(O)c1ccc(Oc2ccc(C3C4CC5CC(C4)CC3(c3ccc(Oc4ccc(C(=O)O)cc4)cc3)C5)cc2)cc1. The Morgan fingerprint density at radius 1 is 0.571 bits per heavy atom. The van der Waals surface area contributed by atoms with Gasteiger partial charge in [-0.05, 0) is 140 Å². The van der Waals surface area contributed by atoms with Crippen molar-refractivity contribution in [1.82, 2.24) is 0 Å². The molecular formula is C36H32O6. The van der Waals surface area contributed by atoms with Crippen molar-refractivity contribution in [3.8, 4) is 23.0 Å². The molecule has 4 aromatic rings. The molecule has 212 valence electrons. The molecule has 0 spiro atoms. The molecule has 4 aliphatic rings. The minimum atomic E-state index is -0.954. The summed E-state index contributed by atoms with van der Waals surface area (Å²) in [5.74, 6) is 3.44. The fourth-order valence-electron chi connectivity index (χ4n) is 8.25. The highest BCUT2D eigenvalue weighted by atomic mass is 16.5. The molecule has 8 rings (SSSR count). The van der Waals surface area contributed by atoms with Crippen LogP contribution in [0.3, 0.4) is 0 Å². The molecule has 4 fully saturated rings. The Hall–Kier alpha value is -4.58. The number of carboxylic acids is 2. The van der Waals surface area contributed by atoms with E-state index in [1.807, 2.05) is 24.3 Å². The number of ether oxygens (including phenoxy) is 2. The van der Waals surface area contributed by atoms with Crippen molar-refractivity contribution in [1.29, 1.82) is 0 Å². The second kappa shape index (κ2) is 10.4. The lowest BCUT2D eigenvalue weighted by Gasteiger charge is -2.62. The number of hydrogen-bond donors (Lipinski definition) is 2. The van der Waals surface area contributed by atoms with E-state index >= 15 is 0 Å². The Bertz CT molecular complexity index is 1590. The molecule has 6 heteroatoms. The predicted molar refractivity (Wildman–Crippen MR) is 158 cm³/mol. The van der Waals surface area contributed by atoms with Gasteiger partial charge in [0, 0.05) is 5.41 Å². The minimum Gasteiger partial charge on any atom is -0.478 e. The van der Waals surface area contributed by atoms with Crippen molar-refractivity contribution in [3.63, 3.8) is 0 Å². The molecule has 4 aromatic carbocycles. The number of carbonyl (C=O) groups is 2. The van der Waals surface area contributed by atoms with Crippen LogP contribution in [-0.4, -0.2) is 22.2 Å². The molecule has 0 aliphatic heterocycles. The summed E-state index contributed by atoms with van der Waals surface area (Å²) in [5, 5.41) is 18.3. The van der Waals surface area contributed by atoms with Crippen LogP contribution in [0.2, 0.25) is 0 Å². The number of carboxylic acid groups (broad SMARTS) is 2. The van der Waals surface area contributed by atoms with Gasteiger partial charge >= 0.3 is 11.9 Å². The average molecular weight is 561 g/mol. The summed E-state index contributed by atoms with van der Waals surface area (Å²) < 4.78 is 12.1. The van der Waals surface area contributed by atoms with Gasteiger partial charge in [-0.1, -0.05) is 24.3 Å². The lowest BCUT2D eigenvalue weighted by Crippen LogP contribution is -2.53. The number of aromatic carboxylic acids is 2. The maximum absolute atomic E-state index is 11.2. The van der Waals surface area contributed by atoms with E-state index in [0.29, 0.717) is 23.3 Å². The van der Waals surface area contributed by atoms with Crippen LogP contribution in [0.15, 0.2) is 97.1 Å². The summed E-state index contributed by atoms with van der Waals surface area (Å²) in [6, 6.07) is 30.0. The standard InChI is InChI=1S/C36H32O6/c37-34(38)25-3-11-30(12-4-25)41-29-9-1-24(2-10-29)33-27-18-22-17-23(19-27)21-36(33,20-22)28-7-15-32(16-8-28)42-31-13-5-26(6-14-31)35(39)40/h1-16,22-23,27,33H,17-21H2,(H,37,38)(H,39,40). The first-order chi connectivity index (χ1) is 20.4. The molecule has 0 amide bonds. The van der Waals surface area contributed by atoms with Crippen LogP contribution in [0.5, 0.6) is 23.0 Å². The molecule has 0 heterocycles. The van der Waals surface area contributed by atoms with E-state index < -0.39 is 11.9 Å². The summed E-state index contributed by atoms with van der Waals surface area (Å²) >= 11 is 0. The predicted octanol–water partition coefficient (Wildman–Crippen LogP) is 8.53. The number of rotatable bonds is 8. The highest BCUT2D eigenvalue weighted by Crippen LogP contribution is 2.66. The molecule has 42 heavy (non-hydrogen) atoms. The lowest BCUT2D eigenvalue weighted by atomic mass is 9.42. The lowest BCUT2D eigenvalue weighted by molar-refractivity contribution is -0.0280. The zero-order valence-corrected chi connectivity index (χ0v) is 23.1. The van der Waals surface area contributed by atoms with Crippen LogP contribution in [0.1, 0.15) is 69.9 Å². The number of benzene rings is 4. The third-order valence-corrected chi connectivity index (χ3v) is 9.65. The van der Waals surface area contributed by atoms with Gasteiger partial charge in [0.2, 0.25) is 0 Å². The molecule has 3 unspecified atom stereocenters. The molecule has 0 radical (unpaired) electrons. The average Bonchev–Trinajstić information content (AvgIpc) is 2.98. The molecule has 2 N–H and O–H groups in total. The smallest absolute Gasteiger partial charge is 0.335 e. The van der Waals surface area contributed by atoms with Gasteiger partial charge in [-0.2, -0.15) is 0 Å². The fraction of sp³-hybridized carbons (Fsp3) is 0.278. The minimum absolute atomic E-state index is 0.0887. The van der Waals surface area contributed by atoms with Gasteiger partial charge in [-0.15, -0.1) is 0 Å². The quantitative estimate of drug-likeness (QED) is 0.224. The van der Waals surface area contributed by atoms with Crippen LogP contribution < -0.4 is 9.47 Å². The van der Waals surface area contributed by atoms with Gasteiger partial charge in [0.05, 0.1) is 11.1 Å². The second-order valence-corrected chi connectivity index (χ2v) is 12.2. The summed E-state index contributed by atoms with van der Waals surface area (Å²) in [6.07, 6.45) is 6.35.